The summed E-state index contributed by atoms with van der Waals surface area (Å²) >= 11 is 0. The number of sulfonamides is 1. The standard InChI is InChI=1S/C22H32N2O5S/c1-30(26,27)23-19-7-4-5-13-24-20(19)14-28-17-11-9-16(10-12-17)18-6-2-3-8-21(18)29-15-22(24)25/h2-3,6,8,16-17,19-20,23H,4-5,7,9-15H2,1H3/t16?,17?,19-,20-/m0/s1. The molecule has 0 unspecified atom stereocenters. The molecule has 3 heterocycles. The average Bonchev–Trinajstić information content (AvgIpc) is 2.91. The van der Waals surface area contributed by atoms with Crippen LogP contribution in [-0.2, 0) is 19.6 Å². The molecule has 1 aromatic rings. The van der Waals surface area contributed by atoms with Gasteiger partial charge in [0.25, 0.3) is 5.91 Å². The highest BCUT2D eigenvalue weighted by Gasteiger charge is 2.36. The van der Waals surface area contributed by atoms with Gasteiger partial charge in [-0.1, -0.05) is 24.6 Å². The number of carbonyl (C=O) groups is 1. The summed E-state index contributed by atoms with van der Waals surface area (Å²) < 4.78 is 39.0. The summed E-state index contributed by atoms with van der Waals surface area (Å²) in [5, 5.41) is 0. The van der Waals surface area contributed by atoms with Crippen LogP contribution in [0.15, 0.2) is 24.3 Å². The van der Waals surface area contributed by atoms with Crippen LogP contribution in [-0.4, -0.2) is 63.4 Å². The van der Waals surface area contributed by atoms with E-state index < -0.39 is 10.0 Å². The number of fused-ring (bicyclic) bond motifs is 5. The number of para-hydroxylation sites is 1. The summed E-state index contributed by atoms with van der Waals surface area (Å²) in [4.78, 5) is 15.0. The molecule has 7 nitrogen and oxygen atoms in total. The third-order valence-electron chi connectivity index (χ3n) is 6.60. The molecular formula is C22H32N2O5S. The Labute approximate surface area is 179 Å². The van der Waals surface area contributed by atoms with Gasteiger partial charge in [0.05, 0.1) is 25.0 Å². The van der Waals surface area contributed by atoms with Crippen LogP contribution in [0.5, 0.6) is 5.75 Å². The largest absolute Gasteiger partial charge is 0.483 e. The van der Waals surface area contributed by atoms with Crippen molar-refractivity contribution in [3.05, 3.63) is 29.8 Å². The van der Waals surface area contributed by atoms with Crippen LogP contribution >= 0.6 is 0 Å². The topological polar surface area (TPSA) is 84.9 Å². The van der Waals surface area contributed by atoms with E-state index in [1.54, 1.807) is 4.90 Å². The molecule has 1 aliphatic carbocycles. The summed E-state index contributed by atoms with van der Waals surface area (Å²) in [6.45, 7) is 0.892. The summed E-state index contributed by atoms with van der Waals surface area (Å²) in [5.74, 6) is 1.08. The van der Waals surface area contributed by atoms with E-state index in [1.165, 1.54) is 11.8 Å². The molecule has 3 aliphatic heterocycles. The van der Waals surface area contributed by atoms with Gasteiger partial charge in [-0.3, -0.25) is 4.79 Å². The first-order valence-electron chi connectivity index (χ1n) is 11.0. The Balaban J connectivity index is 1.63. The molecule has 1 aromatic carbocycles. The molecule has 2 bridgehead atoms. The second-order valence-electron chi connectivity index (χ2n) is 8.78. The Hall–Kier alpha value is -1.64. The van der Waals surface area contributed by atoms with E-state index in [0.717, 1.165) is 44.3 Å². The van der Waals surface area contributed by atoms with Gasteiger partial charge in [-0.15, -0.1) is 0 Å². The number of benzene rings is 1. The maximum atomic E-state index is 13.2. The fraction of sp³-hybridized carbons (Fsp3) is 0.682. The predicted octanol–water partition coefficient (Wildman–Crippen LogP) is 2.42. The summed E-state index contributed by atoms with van der Waals surface area (Å²) in [6, 6.07) is 7.34. The van der Waals surface area contributed by atoms with Gasteiger partial charge in [0.15, 0.2) is 6.61 Å². The van der Waals surface area contributed by atoms with Gasteiger partial charge < -0.3 is 14.4 Å². The normalized spacial score (nSPS) is 30.7. The van der Waals surface area contributed by atoms with Crippen LogP contribution in [0.4, 0.5) is 0 Å². The van der Waals surface area contributed by atoms with E-state index in [0.29, 0.717) is 25.5 Å². The fourth-order valence-corrected chi connectivity index (χ4v) is 5.92. The van der Waals surface area contributed by atoms with Crippen molar-refractivity contribution in [1.29, 1.82) is 0 Å². The maximum Gasteiger partial charge on any atom is 0.260 e. The van der Waals surface area contributed by atoms with Gasteiger partial charge in [-0.05, 0) is 56.1 Å². The minimum atomic E-state index is -3.39. The molecule has 8 heteroatoms. The number of hydrogen-bond acceptors (Lipinski definition) is 5. The molecule has 0 spiro atoms. The average molecular weight is 437 g/mol. The molecule has 166 valence electrons. The second-order valence-corrected chi connectivity index (χ2v) is 10.6. The third-order valence-corrected chi connectivity index (χ3v) is 7.33. The highest BCUT2D eigenvalue weighted by molar-refractivity contribution is 7.88. The molecule has 2 fully saturated rings. The highest BCUT2D eigenvalue weighted by Crippen LogP contribution is 2.38. The van der Waals surface area contributed by atoms with E-state index in [1.807, 2.05) is 18.2 Å². The Bertz CT molecular complexity index is 851. The zero-order chi connectivity index (χ0) is 21.1. The summed E-state index contributed by atoms with van der Waals surface area (Å²) in [7, 11) is -3.39. The third kappa shape index (κ3) is 5.15. The number of ether oxygens (including phenoxy) is 2. The molecule has 1 saturated carbocycles. The minimum Gasteiger partial charge on any atom is -0.483 e. The van der Waals surface area contributed by atoms with Gasteiger partial charge in [-0.2, -0.15) is 0 Å². The molecule has 1 amide bonds. The van der Waals surface area contributed by atoms with Crippen molar-refractivity contribution in [2.24, 2.45) is 0 Å². The van der Waals surface area contributed by atoms with Crippen molar-refractivity contribution >= 4 is 15.9 Å². The fourth-order valence-electron chi connectivity index (χ4n) is 5.10. The number of rotatable bonds is 2. The zero-order valence-corrected chi connectivity index (χ0v) is 18.4. The van der Waals surface area contributed by atoms with Crippen LogP contribution in [0.25, 0.3) is 0 Å². The van der Waals surface area contributed by atoms with E-state index in [2.05, 4.69) is 10.8 Å². The summed E-state index contributed by atoms with van der Waals surface area (Å²) in [6.07, 6.45) is 7.70. The first-order chi connectivity index (χ1) is 14.4. The van der Waals surface area contributed by atoms with Crippen LogP contribution in [0.1, 0.15) is 56.4 Å². The van der Waals surface area contributed by atoms with Gasteiger partial charge >= 0.3 is 0 Å². The van der Waals surface area contributed by atoms with Gasteiger partial charge in [0.1, 0.15) is 5.75 Å². The Morgan fingerprint density at radius 1 is 1.07 bits per heavy atom. The molecule has 0 aromatic heterocycles. The predicted molar refractivity (Wildman–Crippen MR) is 114 cm³/mol. The Kier molecular flexibility index (Phi) is 6.65. The van der Waals surface area contributed by atoms with E-state index in [9.17, 15) is 13.2 Å². The van der Waals surface area contributed by atoms with Gasteiger partial charge in [0, 0.05) is 12.6 Å². The molecule has 5 rings (SSSR count). The van der Waals surface area contributed by atoms with E-state index in [-0.39, 0.29) is 30.7 Å². The molecule has 4 aliphatic rings. The van der Waals surface area contributed by atoms with Crippen molar-refractivity contribution < 1.29 is 22.7 Å². The summed E-state index contributed by atoms with van der Waals surface area (Å²) in [5.41, 5.74) is 1.17. The number of hydrogen-bond donors (Lipinski definition) is 1. The molecular weight excluding hydrogens is 404 g/mol. The van der Waals surface area contributed by atoms with Crippen LogP contribution in [0.2, 0.25) is 0 Å². The van der Waals surface area contributed by atoms with Crippen molar-refractivity contribution in [3.8, 4) is 5.75 Å². The second kappa shape index (κ2) is 9.24. The molecule has 1 N–H and O–H groups in total. The van der Waals surface area contributed by atoms with E-state index >= 15 is 0 Å². The number of nitrogens with zero attached hydrogens (tertiary/aromatic N) is 1. The van der Waals surface area contributed by atoms with Crippen molar-refractivity contribution in [1.82, 2.24) is 9.62 Å². The van der Waals surface area contributed by atoms with Crippen molar-refractivity contribution in [3.63, 3.8) is 0 Å². The SMILES string of the molecule is CS(=O)(=O)N[C@H]1CCCCN2C(=O)COc3ccccc3C3CCC(CC3)OC[C@@H]12. The highest BCUT2D eigenvalue weighted by atomic mass is 32.2. The molecule has 2 atom stereocenters. The van der Waals surface area contributed by atoms with Crippen molar-refractivity contribution in [2.75, 3.05) is 26.0 Å². The first-order valence-corrected chi connectivity index (χ1v) is 12.9. The minimum absolute atomic E-state index is 0.0464. The maximum absolute atomic E-state index is 13.2. The molecule has 30 heavy (non-hydrogen) atoms. The monoisotopic (exact) mass is 436 g/mol. The van der Waals surface area contributed by atoms with Crippen LogP contribution in [0.3, 0.4) is 0 Å². The smallest absolute Gasteiger partial charge is 0.260 e. The van der Waals surface area contributed by atoms with Crippen LogP contribution < -0.4 is 9.46 Å². The molecule has 0 radical (unpaired) electrons. The quantitative estimate of drug-likeness (QED) is 0.770. The van der Waals surface area contributed by atoms with Gasteiger partial charge in [-0.25, -0.2) is 13.1 Å². The first kappa shape index (κ1) is 21.6. The lowest BCUT2D eigenvalue weighted by Crippen LogP contribution is -2.55. The van der Waals surface area contributed by atoms with E-state index in [4.69, 9.17) is 9.47 Å². The zero-order valence-electron chi connectivity index (χ0n) is 17.6. The molecule has 1 saturated heterocycles. The lowest BCUT2D eigenvalue weighted by atomic mass is 9.82. The Morgan fingerprint density at radius 3 is 2.60 bits per heavy atom. The van der Waals surface area contributed by atoms with Crippen LogP contribution in [0, 0.1) is 0 Å². The van der Waals surface area contributed by atoms with Gasteiger partial charge in [0.2, 0.25) is 10.0 Å². The Morgan fingerprint density at radius 2 is 1.83 bits per heavy atom. The number of nitrogens with one attached hydrogen (secondary N) is 1. The number of amides is 1. The number of carbonyl (C=O) groups excluding carboxylic acids is 1. The lowest BCUT2D eigenvalue weighted by molar-refractivity contribution is -0.138. The lowest BCUT2D eigenvalue weighted by Gasteiger charge is -2.36. The van der Waals surface area contributed by atoms with Crippen molar-refractivity contribution in [2.45, 2.75) is 69.1 Å².